The molecular formula is C20H32O2. The van der Waals surface area contributed by atoms with Gasteiger partial charge in [-0.15, -0.1) is 0 Å². The zero-order chi connectivity index (χ0) is 16.3. The summed E-state index contributed by atoms with van der Waals surface area (Å²) in [5.74, 6) is -0.745. The van der Waals surface area contributed by atoms with Crippen LogP contribution < -0.4 is 0 Å². The molecule has 0 aromatic rings. The van der Waals surface area contributed by atoms with Crippen molar-refractivity contribution in [2.75, 3.05) is 0 Å². The predicted octanol–water partition coefficient (Wildman–Crippen LogP) is 6.22. The highest BCUT2D eigenvalue weighted by Gasteiger charge is 1.90. The molecule has 124 valence electrons. The van der Waals surface area contributed by atoms with Gasteiger partial charge in [0.15, 0.2) is 0 Å². The van der Waals surface area contributed by atoms with E-state index >= 15 is 0 Å². The van der Waals surface area contributed by atoms with Gasteiger partial charge in [0, 0.05) is 6.42 Å². The molecule has 0 unspecified atom stereocenters. The van der Waals surface area contributed by atoms with Crippen LogP contribution in [0.5, 0.6) is 0 Å². The minimum atomic E-state index is -0.745. The van der Waals surface area contributed by atoms with Crippen LogP contribution in [0, 0.1) is 0 Å². The summed E-state index contributed by atoms with van der Waals surface area (Å²) in [4.78, 5) is 10.3. The molecule has 0 radical (unpaired) electrons. The number of unbranched alkanes of at least 4 members (excludes halogenated alkanes) is 6. The second-order valence-electron chi connectivity index (χ2n) is 5.43. The van der Waals surface area contributed by atoms with Crippen LogP contribution >= 0.6 is 0 Å². The number of rotatable bonds is 14. The lowest BCUT2D eigenvalue weighted by Gasteiger charge is -1.95. The molecule has 0 bridgehead atoms. The largest absolute Gasteiger partial charge is 0.481 e. The first kappa shape index (κ1) is 20.4. The van der Waals surface area contributed by atoms with Crippen LogP contribution in [-0.4, -0.2) is 11.1 Å². The molecule has 0 spiro atoms. The Balaban J connectivity index is 3.36. The summed E-state index contributed by atoms with van der Waals surface area (Å²) >= 11 is 0. The van der Waals surface area contributed by atoms with Crippen molar-refractivity contribution < 1.29 is 9.90 Å². The highest BCUT2D eigenvalue weighted by Crippen LogP contribution is 2.05. The maximum atomic E-state index is 10.3. The van der Waals surface area contributed by atoms with Gasteiger partial charge in [-0.25, -0.2) is 0 Å². The van der Waals surface area contributed by atoms with Crippen LogP contribution in [0.15, 0.2) is 48.6 Å². The van der Waals surface area contributed by atoms with E-state index in [1.54, 1.807) is 0 Å². The minimum Gasteiger partial charge on any atom is -0.481 e. The average molecular weight is 304 g/mol. The molecule has 1 N–H and O–H groups in total. The topological polar surface area (TPSA) is 37.3 Å². The Morgan fingerprint density at radius 2 is 1.27 bits per heavy atom. The lowest BCUT2D eigenvalue weighted by atomic mass is 10.1. The van der Waals surface area contributed by atoms with Crippen LogP contribution in [0.4, 0.5) is 0 Å². The molecule has 0 aromatic carbocycles. The van der Waals surface area contributed by atoms with Gasteiger partial charge in [-0.3, -0.25) is 4.79 Å². The van der Waals surface area contributed by atoms with E-state index in [1.165, 1.54) is 44.9 Å². The highest BCUT2D eigenvalue weighted by atomic mass is 16.4. The molecule has 0 aromatic heterocycles. The van der Waals surface area contributed by atoms with Gasteiger partial charge in [-0.2, -0.15) is 0 Å². The van der Waals surface area contributed by atoms with E-state index in [2.05, 4.69) is 31.2 Å². The SMILES string of the molecule is CCCC/C=C/CCCCC/C=C/C=C/C=C/CCC(=O)O. The van der Waals surface area contributed by atoms with Crippen LogP contribution in [0.1, 0.15) is 71.1 Å². The van der Waals surface area contributed by atoms with Gasteiger partial charge in [0.25, 0.3) is 0 Å². The summed E-state index contributed by atoms with van der Waals surface area (Å²) in [6.07, 6.45) is 27.4. The molecule has 0 aliphatic carbocycles. The van der Waals surface area contributed by atoms with Crippen molar-refractivity contribution in [1.82, 2.24) is 0 Å². The molecule has 0 rings (SSSR count). The number of allylic oxidation sites excluding steroid dienone is 8. The van der Waals surface area contributed by atoms with Crippen molar-refractivity contribution in [2.45, 2.75) is 71.1 Å². The fraction of sp³-hybridized carbons (Fsp3) is 0.550. The summed E-state index contributed by atoms with van der Waals surface area (Å²) in [6.45, 7) is 2.23. The smallest absolute Gasteiger partial charge is 0.303 e. The third-order valence-electron chi connectivity index (χ3n) is 3.26. The normalized spacial score (nSPS) is 12.4. The van der Waals surface area contributed by atoms with Crippen LogP contribution in [0.2, 0.25) is 0 Å². The van der Waals surface area contributed by atoms with Crippen LogP contribution in [0.25, 0.3) is 0 Å². The van der Waals surface area contributed by atoms with E-state index in [0.717, 1.165) is 6.42 Å². The van der Waals surface area contributed by atoms with Crippen molar-refractivity contribution in [3.63, 3.8) is 0 Å². The monoisotopic (exact) mass is 304 g/mol. The summed E-state index contributed by atoms with van der Waals surface area (Å²) in [7, 11) is 0. The number of carboxylic acids is 1. The number of aliphatic carboxylic acids is 1. The number of carbonyl (C=O) groups is 1. The second-order valence-corrected chi connectivity index (χ2v) is 5.43. The Morgan fingerprint density at radius 1 is 0.727 bits per heavy atom. The van der Waals surface area contributed by atoms with Crippen molar-refractivity contribution >= 4 is 5.97 Å². The Hall–Kier alpha value is -1.57. The van der Waals surface area contributed by atoms with Gasteiger partial charge in [-0.1, -0.05) is 74.8 Å². The third-order valence-corrected chi connectivity index (χ3v) is 3.26. The molecular weight excluding hydrogens is 272 g/mol. The molecule has 0 saturated heterocycles. The number of hydrogen-bond acceptors (Lipinski definition) is 1. The van der Waals surface area contributed by atoms with Gasteiger partial charge in [0.05, 0.1) is 0 Å². The quantitative estimate of drug-likeness (QED) is 0.235. The molecule has 2 heteroatoms. The van der Waals surface area contributed by atoms with Gasteiger partial charge < -0.3 is 5.11 Å². The maximum absolute atomic E-state index is 10.3. The molecule has 0 aliphatic heterocycles. The number of hydrogen-bond donors (Lipinski definition) is 1. The van der Waals surface area contributed by atoms with Crippen LogP contribution in [-0.2, 0) is 4.79 Å². The molecule has 0 atom stereocenters. The molecule has 0 heterocycles. The molecule has 0 aliphatic rings. The van der Waals surface area contributed by atoms with E-state index < -0.39 is 5.97 Å². The first-order chi connectivity index (χ1) is 10.8. The first-order valence-electron chi connectivity index (χ1n) is 8.62. The van der Waals surface area contributed by atoms with Crippen LogP contribution in [0.3, 0.4) is 0 Å². The number of carboxylic acid groups (broad SMARTS) is 1. The van der Waals surface area contributed by atoms with E-state index in [9.17, 15) is 4.79 Å². The molecule has 0 fully saturated rings. The molecule has 2 nitrogen and oxygen atoms in total. The lowest BCUT2D eigenvalue weighted by Crippen LogP contribution is -1.91. The maximum Gasteiger partial charge on any atom is 0.303 e. The van der Waals surface area contributed by atoms with Crippen molar-refractivity contribution in [1.29, 1.82) is 0 Å². The second kappa shape index (κ2) is 17.5. The summed E-state index contributed by atoms with van der Waals surface area (Å²) in [5, 5.41) is 8.47. The average Bonchev–Trinajstić information content (AvgIpc) is 2.50. The van der Waals surface area contributed by atoms with Crippen molar-refractivity contribution in [3.05, 3.63) is 48.6 Å². The fourth-order valence-electron chi connectivity index (χ4n) is 1.94. The van der Waals surface area contributed by atoms with Gasteiger partial charge in [0.2, 0.25) is 0 Å². The standard InChI is InChI=1S/C20H32O2/c1-2-3-4-5-6-7-8-9-10-11-12-13-14-15-16-17-18-19-20(21)22/h5-6,12-17H,2-4,7-11,18-19H2,1H3,(H,21,22)/b6-5+,13-12+,15-14+,17-16+. The third kappa shape index (κ3) is 18.4. The molecule has 22 heavy (non-hydrogen) atoms. The van der Waals surface area contributed by atoms with E-state index in [1.807, 2.05) is 24.3 Å². The fourth-order valence-corrected chi connectivity index (χ4v) is 1.94. The van der Waals surface area contributed by atoms with Gasteiger partial charge in [-0.05, 0) is 38.5 Å². The van der Waals surface area contributed by atoms with E-state index in [-0.39, 0.29) is 6.42 Å². The summed E-state index contributed by atoms with van der Waals surface area (Å²) in [6, 6.07) is 0. The highest BCUT2D eigenvalue weighted by molar-refractivity contribution is 5.66. The summed E-state index contributed by atoms with van der Waals surface area (Å²) in [5.41, 5.74) is 0. The van der Waals surface area contributed by atoms with E-state index in [0.29, 0.717) is 6.42 Å². The van der Waals surface area contributed by atoms with Gasteiger partial charge in [0.1, 0.15) is 0 Å². The molecule has 0 amide bonds. The lowest BCUT2D eigenvalue weighted by molar-refractivity contribution is -0.136. The Morgan fingerprint density at radius 3 is 1.86 bits per heavy atom. The zero-order valence-electron chi connectivity index (χ0n) is 14.0. The predicted molar refractivity (Wildman–Crippen MR) is 96.0 cm³/mol. The van der Waals surface area contributed by atoms with Gasteiger partial charge >= 0.3 is 5.97 Å². The van der Waals surface area contributed by atoms with E-state index in [4.69, 9.17) is 5.11 Å². The Labute approximate surface area is 136 Å². The Bertz CT molecular complexity index is 362. The summed E-state index contributed by atoms with van der Waals surface area (Å²) < 4.78 is 0. The zero-order valence-corrected chi connectivity index (χ0v) is 14.0. The Kier molecular flexibility index (Phi) is 16.2. The minimum absolute atomic E-state index is 0.202. The molecule has 0 saturated carbocycles. The first-order valence-corrected chi connectivity index (χ1v) is 8.62. The van der Waals surface area contributed by atoms with Crippen molar-refractivity contribution in [3.8, 4) is 0 Å². The van der Waals surface area contributed by atoms with Crippen molar-refractivity contribution in [2.24, 2.45) is 0 Å².